The second-order valence-corrected chi connectivity index (χ2v) is 5.54. The van der Waals surface area contributed by atoms with E-state index in [0.29, 0.717) is 0 Å². The van der Waals surface area contributed by atoms with Gasteiger partial charge in [-0.25, -0.2) is 0 Å². The van der Waals surface area contributed by atoms with Crippen molar-refractivity contribution in [3.8, 4) is 0 Å². The van der Waals surface area contributed by atoms with Crippen LogP contribution in [0.2, 0.25) is 0 Å². The van der Waals surface area contributed by atoms with Gasteiger partial charge in [-0.3, -0.25) is 0 Å². The lowest BCUT2D eigenvalue weighted by atomic mass is 10.1. The Morgan fingerprint density at radius 2 is 1.53 bits per heavy atom. The van der Waals surface area contributed by atoms with Gasteiger partial charge in [-0.2, -0.15) is 11.8 Å². The molecule has 92 valence electrons. The van der Waals surface area contributed by atoms with E-state index in [1.54, 1.807) is 0 Å². The molecule has 0 aliphatic carbocycles. The fraction of sp³-hybridized carbons (Fsp3) is 1.00. The largest absolute Gasteiger partial charge is 0.392 e. The first-order valence-corrected chi connectivity index (χ1v) is 7.72. The number of rotatable bonds is 11. The van der Waals surface area contributed by atoms with E-state index in [1.165, 1.54) is 44.9 Å². The minimum Gasteiger partial charge on any atom is -0.392 e. The Bertz CT molecular complexity index is 117. The zero-order valence-corrected chi connectivity index (χ0v) is 11.3. The van der Waals surface area contributed by atoms with Gasteiger partial charge in [0.1, 0.15) is 0 Å². The molecule has 0 saturated heterocycles. The summed E-state index contributed by atoms with van der Waals surface area (Å²) in [5.41, 5.74) is 0. The molecule has 0 aromatic heterocycles. The Balaban J connectivity index is 3.02. The smallest absolute Gasteiger partial charge is 0.0630 e. The lowest BCUT2D eigenvalue weighted by Crippen LogP contribution is -2.09. The first-order chi connectivity index (χ1) is 7.31. The van der Waals surface area contributed by atoms with Crippen molar-refractivity contribution in [3.05, 3.63) is 0 Å². The van der Waals surface area contributed by atoms with Crippen LogP contribution in [-0.2, 0) is 0 Å². The summed E-state index contributed by atoms with van der Waals surface area (Å²) in [5, 5.41) is 9.60. The van der Waals surface area contributed by atoms with Crippen LogP contribution in [0.1, 0.15) is 65.2 Å². The number of hydrogen-bond donors (Lipinski definition) is 1. The highest BCUT2D eigenvalue weighted by Crippen LogP contribution is 2.12. The summed E-state index contributed by atoms with van der Waals surface area (Å²) in [7, 11) is 0. The van der Waals surface area contributed by atoms with Crippen LogP contribution in [0.3, 0.4) is 0 Å². The Kier molecular flexibility index (Phi) is 12.6. The Labute approximate surface area is 100 Å². The van der Waals surface area contributed by atoms with E-state index >= 15 is 0 Å². The molecular weight excluding hydrogens is 204 g/mol. The summed E-state index contributed by atoms with van der Waals surface area (Å²) in [5.74, 6) is 2.04. The molecule has 1 N–H and O–H groups in total. The Morgan fingerprint density at radius 3 is 2.13 bits per heavy atom. The quantitative estimate of drug-likeness (QED) is 0.538. The number of aliphatic hydroxyl groups is 1. The molecule has 15 heavy (non-hydrogen) atoms. The van der Waals surface area contributed by atoms with E-state index < -0.39 is 0 Å². The van der Waals surface area contributed by atoms with E-state index in [1.807, 2.05) is 11.8 Å². The summed E-state index contributed by atoms with van der Waals surface area (Å²) >= 11 is 1.84. The molecule has 0 fully saturated rings. The van der Waals surface area contributed by atoms with Gasteiger partial charge in [-0.1, -0.05) is 58.8 Å². The second-order valence-electron chi connectivity index (χ2n) is 4.22. The number of aliphatic hydroxyl groups excluding tert-OH is 1. The molecule has 0 saturated carbocycles. The molecular formula is C13H28OS. The number of thioether (sulfide) groups is 1. The van der Waals surface area contributed by atoms with E-state index in [0.717, 1.165) is 17.9 Å². The summed E-state index contributed by atoms with van der Waals surface area (Å²) in [4.78, 5) is 0. The van der Waals surface area contributed by atoms with Crippen LogP contribution in [0, 0.1) is 0 Å². The summed E-state index contributed by atoms with van der Waals surface area (Å²) in [6.45, 7) is 4.40. The van der Waals surface area contributed by atoms with Crippen molar-refractivity contribution in [3.63, 3.8) is 0 Å². The third-order valence-corrected chi connectivity index (χ3v) is 3.68. The number of unbranched alkanes of at least 4 members (excludes halogenated alkanes) is 6. The lowest BCUT2D eigenvalue weighted by Gasteiger charge is -2.08. The van der Waals surface area contributed by atoms with Crippen LogP contribution < -0.4 is 0 Å². The molecule has 0 rings (SSSR count). The third kappa shape index (κ3) is 12.2. The Hall–Kier alpha value is 0.310. The molecule has 0 amide bonds. The fourth-order valence-electron chi connectivity index (χ4n) is 1.67. The van der Waals surface area contributed by atoms with Crippen LogP contribution in [0.5, 0.6) is 0 Å². The third-order valence-electron chi connectivity index (χ3n) is 2.66. The standard InChI is InChI=1S/C13H28OS/c1-3-5-6-7-8-9-10-11-13(14)12-15-4-2/h13-14H,3-12H2,1-2H3. The van der Waals surface area contributed by atoms with Crippen molar-refractivity contribution in [1.29, 1.82) is 0 Å². The minimum absolute atomic E-state index is 0.0643. The molecule has 0 radical (unpaired) electrons. The molecule has 1 unspecified atom stereocenters. The average molecular weight is 232 g/mol. The highest BCUT2D eigenvalue weighted by molar-refractivity contribution is 7.99. The highest BCUT2D eigenvalue weighted by Gasteiger charge is 2.02. The summed E-state index contributed by atoms with van der Waals surface area (Å²) < 4.78 is 0. The topological polar surface area (TPSA) is 20.2 Å². The van der Waals surface area contributed by atoms with Gasteiger partial charge in [0.15, 0.2) is 0 Å². The molecule has 0 aliphatic heterocycles. The molecule has 0 bridgehead atoms. The van der Waals surface area contributed by atoms with E-state index in [2.05, 4.69) is 13.8 Å². The van der Waals surface area contributed by atoms with Gasteiger partial charge in [-0.05, 0) is 12.2 Å². The molecule has 0 aromatic carbocycles. The van der Waals surface area contributed by atoms with Crippen molar-refractivity contribution in [2.24, 2.45) is 0 Å². The van der Waals surface area contributed by atoms with Crippen molar-refractivity contribution < 1.29 is 5.11 Å². The summed E-state index contributed by atoms with van der Waals surface area (Å²) in [6, 6.07) is 0. The van der Waals surface area contributed by atoms with Crippen molar-refractivity contribution in [1.82, 2.24) is 0 Å². The van der Waals surface area contributed by atoms with E-state index in [9.17, 15) is 5.11 Å². The molecule has 0 aromatic rings. The van der Waals surface area contributed by atoms with Gasteiger partial charge in [-0.15, -0.1) is 0 Å². The van der Waals surface area contributed by atoms with Crippen molar-refractivity contribution in [2.45, 2.75) is 71.3 Å². The summed E-state index contributed by atoms with van der Waals surface area (Å²) in [6.07, 6.45) is 10.3. The zero-order valence-electron chi connectivity index (χ0n) is 10.5. The molecule has 0 spiro atoms. The van der Waals surface area contributed by atoms with Crippen molar-refractivity contribution in [2.75, 3.05) is 11.5 Å². The van der Waals surface area contributed by atoms with Gasteiger partial charge in [0.05, 0.1) is 6.10 Å². The minimum atomic E-state index is -0.0643. The SMILES string of the molecule is CCCCCCCCCC(O)CSCC. The van der Waals surface area contributed by atoms with Gasteiger partial charge >= 0.3 is 0 Å². The zero-order chi connectivity index (χ0) is 11.4. The predicted octanol–water partition coefficient (Wildman–Crippen LogP) is 4.24. The first kappa shape index (κ1) is 15.3. The van der Waals surface area contributed by atoms with Gasteiger partial charge in [0.2, 0.25) is 0 Å². The average Bonchev–Trinajstić information content (AvgIpc) is 2.25. The maximum atomic E-state index is 9.60. The molecule has 1 nitrogen and oxygen atoms in total. The highest BCUT2D eigenvalue weighted by atomic mass is 32.2. The van der Waals surface area contributed by atoms with Crippen LogP contribution >= 0.6 is 11.8 Å². The van der Waals surface area contributed by atoms with Crippen LogP contribution in [0.15, 0.2) is 0 Å². The van der Waals surface area contributed by atoms with E-state index in [4.69, 9.17) is 0 Å². The molecule has 2 heteroatoms. The maximum Gasteiger partial charge on any atom is 0.0630 e. The number of hydrogen-bond acceptors (Lipinski definition) is 2. The molecule has 1 atom stereocenters. The first-order valence-electron chi connectivity index (χ1n) is 6.57. The fourth-order valence-corrected chi connectivity index (χ4v) is 2.35. The lowest BCUT2D eigenvalue weighted by molar-refractivity contribution is 0.185. The monoisotopic (exact) mass is 232 g/mol. The molecule has 0 heterocycles. The van der Waals surface area contributed by atoms with Crippen LogP contribution in [0.25, 0.3) is 0 Å². The predicted molar refractivity (Wildman–Crippen MR) is 71.6 cm³/mol. The van der Waals surface area contributed by atoms with E-state index in [-0.39, 0.29) is 6.10 Å². The van der Waals surface area contributed by atoms with Gasteiger partial charge in [0, 0.05) is 5.75 Å². The van der Waals surface area contributed by atoms with Gasteiger partial charge < -0.3 is 5.11 Å². The molecule has 0 aliphatic rings. The Morgan fingerprint density at radius 1 is 0.933 bits per heavy atom. The van der Waals surface area contributed by atoms with Crippen LogP contribution in [0.4, 0.5) is 0 Å². The normalized spacial score (nSPS) is 13.0. The van der Waals surface area contributed by atoms with Crippen LogP contribution in [-0.4, -0.2) is 22.7 Å². The van der Waals surface area contributed by atoms with Crippen molar-refractivity contribution >= 4 is 11.8 Å². The second kappa shape index (κ2) is 12.4. The van der Waals surface area contributed by atoms with Gasteiger partial charge in [0.25, 0.3) is 0 Å². The maximum absolute atomic E-state index is 9.60.